The Balaban J connectivity index is 1.94. The van der Waals surface area contributed by atoms with Crippen molar-refractivity contribution in [2.75, 3.05) is 13.7 Å². The second-order valence-electron chi connectivity index (χ2n) is 5.06. The molecule has 0 bridgehead atoms. The summed E-state index contributed by atoms with van der Waals surface area (Å²) in [5.41, 5.74) is 1.34. The lowest BCUT2D eigenvalue weighted by Gasteiger charge is -2.08. The van der Waals surface area contributed by atoms with E-state index in [4.69, 9.17) is 16.3 Å². The normalized spacial score (nSPS) is 22.9. The van der Waals surface area contributed by atoms with Crippen LogP contribution in [0, 0.1) is 5.92 Å². The highest BCUT2D eigenvalue weighted by molar-refractivity contribution is 6.32. The fraction of sp³-hybridized carbons (Fsp3) is 0.571. The van der Waals surface area contributed by atoms with Crippen molar-refractivity contribution in [2.24, 2.45) is 5.92 Å². The van der Waals surface area contributed by atoms with Crippen LogP contribution >= 0.6 is 11.6 Å². The monoisotopic (exact) mass is 253 g/mol. The number of hydrogen-bond donors (Lipinski definition) is 1. The van der Waals surface area contributed by atoms with Gasteiger partial charge in [-0.05, 0) is 42.5 Å². The second-order valence-corrected chi connectivity index (χ2v) is 5.47. The van der Waals surface area contributed by atoms with Gasteiger partial charge in [-0.2, -0.15) is 0 Å². The summed E-state index contributed by atoms with van der Waals surface area (Å²) < 4.78 is 5.16. The maximum absolute atomic E-state index is 6.14. The molecule has 2 nitrogen and oxygen atoms in total. The number of ether oxygens (including phenoxy) is 1. The van der Waals surface area contributed by atoms with E-state index in [0.29, 0.717) is 17.0 Å². The van der Waals surface area contributed by atoms with Gasteiger partial charge in [0.25, 0.3) is 0 Å². The van der Waals surface area contributed by atoms with Gasteiger partial charge < -0.3 is 10.1 Å². The molecule has 1 aromatic rings. The summed E-state index contributed by atoms with van der Waals surface area (Å²) in [5, 5.41) is 4.20. The van der Waals surface area contributed by atoms with Gasteiger partial charge in [0.05, 0.1) is 12.1 Å². The van der Waals surface area contributed by atoms with E-state index in [-0.39, 0.29) is 0 Å². The molecule has 3 heteroatoms. The SMILES string of the molecule is COc1ccc(C2CC2CNC(C)C)cc1Cl. The summed E-state index contributed by atoms with van der Waals surface area (Å²) in [6, 6.07) is 6.70. The summed E-state index contributed by atoms with van der Waals surface area (Å²) in [6.07, 6.45) is 1.27. The molecule has 17 heavy (non-hydrogen) atoms. The lowest BCUT2D eigenvalue weighted by molar-refractivity contribution is 0.415. The zero-order valence-corrected chi connectivity index (χ0v) is 11.4. The lowest BCUT2D eigenvalue weighted by Crippen LogP contribution is -2.25. The number of nitrogens with one attached hydrogen (secondary N) is 1. The molecule has 1 aliphatic carbocycles. The minimum absolute atomic E-state index is 0.565. The van der Waals surface area contributed by atoms with Crippen LogP contribution in [0.15, 0.2) is 18.2 Å². The van der Waals surface area contributed by atoms with E-state index < -0.39 is 0 Å². The number of halogens is 1. The average molecular weight is 254 g/mol. The second kappa shape index (κ2) is 5.28. The topological polar surface area (TPSA) is 21.3 Å². The van der Waals surface area contributed by atoms with Crippen LogP contribution in [0.2, 0.25) is 5.02 Å². The summed E-state index contributed by atoms with van der Waals surface area (Å²) in [6.45, 7) is 5.47. The highest BCUT2D eigenvalue weighted by Gasteiger charge is 2.38. The standard InChI is InChI=1S/C14H20ClNO/c1-9(2)16-8-11-6-12(11)10-4-5-14(17-3)13(15)7-10/h4-5,7,9,11-12,16H,6,8H2,1-3H3. The number of methoxy groups -OCH3 is 1. The minimum atomic E-state index is 0.565. The van der Waals surface area contributed by atoms with E-state index in [1.165, 1.54) is 12.0 Å². The summed E-state index contributed by atoms with van der Waals surface area (Å²) in [4.78, 5) is 0. The van der Waals surface area contributed by atoms with Crippen LogP contribution in [0.1, 0.15) is 31.7 Å². The predicted molar refractivity (Wildman–Crippen MR) is 72.0 cm³/mol. The van der Waals surface area contributed by atoms with Gasteiger partial charge in [-0.25, -0.2) is 0 Å². The maximum Gasteiger partial charge on any atom is 0.137 e. The van der Waals surface area contributed by atoms with Crippen LogP contribution in [0.25, 0.3) is 0 Å². The van der Waals surface area contributed by atoms with E-state index >= 15 is 0 Å². The van der Waals surface area contributed by atoms with Gasteiger partial charge in [0.1, 0.15) is 5.75 Å². The van der Waals surface area contributed by atoms with Crippen molar-refractivity contribution in [3.05, 3.63) is 28.8 Å². The van der Waals surface area contributed by atoms with Crippen molar-refractivity contribution in [1.82, 2.24) is 5.32 Å². The molecule has 0 heterocycles. The smallest absolute Gasteiger partial charge is 0.137 e. The van der Waals surface area contributed by atoms with Crippen LogP contribution < -0.4 is 10.1 Å². The summed E-state index contributed by atoms with van der Waals surface area (Å²) >= 11 is 6.14. The van der Waals surface area contributed by atoms with Crippen LogP contribution in [0.4, 0.5) is 0 Å². The Morgan fingerprint density at radius 3 is 2.82 bits per heavy atom. The molecule has 1 fully saturated rings. The molecule has 1 aromatic carbocycles. The first-order valence-electron chi connectivity index (χ1n) is 6.18. The number of hydrogen-bond acceptors (Lipinski definition) is 2. The van der Waals surface area contributed by atoms with Crippen LogP contribution in [-0.2, 0) is 0 Å². The van der Waals surface area contributed by atoms with Gasteiger partial charge in [0, 0.05) is 6.04 Å². The molecule has 0 amide bonds. The molecule has 1 aliphatic rings. The molecule has 0 spiro atoms. The van der Waals surface area contributed by atoms with Gasteiger partial charge in [-0.15, -0.1) is 0 Å². The highest BCUT2D eigenvalue weighted by Crippen LogP contribution is 2.48. The third-order valence-electron chi connectivity index (χ3n) is 3.31. The van der Waals surface area contributed by atoms with Crippen LogP contribution in [-0.4, -0.2) is 19.7 Å². The van der Waals surface area contributed by atoms with Crippen molar-refractivity contribution in [3.63, 3.8) is 0 Å². The van der Waals surface area contributed by atoms with E-state index in [9.17, 15) is 0 Å². The Bertz CT molecular complexity index is 392. The maximum atomic E-state index is 6.14. The van der Waals surface area contributed by atoms with Gasteiger partial charge in [-0.3, -0.25) is 0 Å². The van der Waals surface area contributed by atoms with Crippen molar-refractivity contribution < 1.29 is 4.74 Å². The molecule has 1 N–H and O–H groups in total. The van der Waals surface area contributed by atoms with Gasteiger partial charge >= 0.3 is 0 Å². The van der Waals surface area contributed by atoms with Crippen molar-refractivity contribution >= 4 is 11.6 Å². The largest absolute Gasteiger partial charge is 0.495 e. The molecule has 0 saturated heterocycles. The molecule has 94 valence electrons. The molecule has 0 aromatic heterocycles. The first kappa shape index (κ1) is 12.7. The van der Waals surface area contributed by atoms with Crippen molar-refractivity contribution in [3.8, 4) is 5.75 Å². The molecular formula is C14H20ClNO. The van der Waals surface area contributed by atoms with E-state index in [2.05, 4.69) is 25.2 Å². The third-order valence-corrected chi connectivity index (χ3v) is 3.61. The Hall–Kier alpha value is -0.730. The average Bonchev–Trinajstić information content (AvgIpc) is 3.05. The van der Waals surface area contributed by atoms with Gasteiger partial charge in [-0.1, -0.05) is 31.5 Å². The zero-order chi connectivity index (χ0) is 12.4. The van der Waals surface area contributed by atoms with E-state index in [1.807, 2.05) is 12.1 Å². The number of benzene rings is 1. The molecule has 2 unspecified atom stereocenters. The third kappa shape index (κ3) is 3.14. The van der Waals surface area contributed by atoms with Gasteiger partial charge in [0.15, 0.2) is 0 Å². The first-order chi connectivity index (χ1) is 8.11. The van der Waals surface area contributed by atoms with Crippen molar-refractivity contribution in [1.29, 1.82) is 0 Å². The fourth-order valence-electron chi connectivity index (χ4n) is 2.18. The predicted octanol–water partition coefficient (Wildman–Crippen LogP) is 3.45. The lowest BCUT2D eigenvalue weighted by atomic mass is 10.1. The molecule has 1 saturated carbocycles. The summed E-state index contributed by atoms with van der Waals surface area (Å²) in [7, 11) is 1.65. The van der Waals surface area contributed by atoms with Gasteiger partial charge in [0.2, 0.25) is 0 Å². The molecule has 0 radical (unpaired) electrons. The zero-order valence-electron chi connectivity index (χ0n) is 10.7. The highest BCUT2D eigenvalue weighted by atomic mass is 35.5. The minimum Gasteiger partial charge on any atom is -0.495 e. The Labute approximate surface area is 108 Å². The molecule has 2 atom stereocenters. The Kier molecular flexibility index (Phi) is 3.95. The molecular weight excluding hydrogens is 234 g/mol. The van der Waals surface area contributed by atoms with Crippen LogP contribution in [0.3, 0.4) is 0 Å². The van der Waals surface area contributed by atoms with E-state index in [1.54, 1.807) is 7.11 Å². The molecule has 0 aliphatic heterocycles. The molecule has 2 rings (SSSR count). The number of rotatable bonds is 5. The van der Waals surface area contributed by atoms with Crippen LogP contribution in [0.5, 0.6) is 5.75 Å². The summed E-state index contributed by atoms with van der Waals surface area (Å²) in [5.74, 6) is 2.19. The Morgan fingerprint density at radius 1 is 1.47 bits per heavy atom. The fourth-order valence-corrected chi connectivity index (χ4v) is 2.45. The van der Waals surface area contributed by atoms with E-state index in [0.717, 1.165) is 18.2 Å². The van der Waals surface area contributed by atoms with Crippen molar-refractivity contribution in [2.45, 2.75) is 32.2 Å². The Morgan fingerprint density at radius 2 is 2.24 bits per heavy atom. The first-order valence-corrected chi connectivity index (χ1v) is 6.56. The quantitative estimate of drug-likeness (QED) is 0.868.